The van der Waals surface area contributed by atoms with Crippen LogP contribution in [0, 0.1) is 5.92 Å². The van der Waals surface area contributed by atoms with Gasteiger partial charge in [0, 0.05) is 13.1 Å². The van der Waals surface area contributed by atoms with Crippen LogP contribution >= 0.6 is 11.6 Å². The molecule has 3 nitrogen and oxygen atoms in total. The van der Waals surface area contributed by atoms with Crippen LogP contribution in [0.4, 0.5) is 0 Å². The van der Waals surface area contributed by atoms with Gasteiger partial charge in [-0.1, -0.05) is 19.3 Å². The normalized spacial score (nSPS) is 25.4. The molecule has 2 aliphatic rings. The Kier molecular flexibility index (Phi) is 4.47. The molecule has 1 amide bonds. The zero-order valence-corrected chi connectivity index (χ0v) is 10.4. The Morgan fingerprint density at radius 1 is 1.19 bits per heavy atom. The van der Waals surface area contributed by atoms with Crippen molar-refractivity contribution in [3.8, 4) is 0 Å². The Bertz CT molecular complexity index is 235. The van der Waals surface area contributed by atoms with E-state index in [1.165, 1.54) is 19.3 Å². The fourth-order valence-electron chi connectivity index (χ4n) is 2.59. The highest BCUT2D eigenvalue weighted by atomic mass is 35.5. The second kappa shape index (κ2) is 5.87. The predicted molar refractivity (Wildman–Crippen MR) is 63.6 cm³/mol. The van der Waals surface area contributed by atoms with Crippen molar-refractivity contribution >= 4 is 17.5 Å². The summed E-state index contributed by atoms with van der Waals surface area (Å²) in [5.74, 6) is 0.516. The Labute approximate surface area is 102 Å². The van der Waals surface area contributed by atoms with Crippen LogP contribution in [0.25, 0.3) is 0 Å². The summed E-state index contributed by atoms with van der Waals surface area (Å²) in [4.78, 5) is 14.0. The second-order valence-corrected chi connectivity index (χ2v) is 5.21. The molecule has 92 valence electrons. The van der Waals surface area contributed by atoms with E-state index >= 15 is 0 Å². The van der Waals surface area contributed by atoms with Gasteiger partial charge in [-0.15, -0.1) is 11.6 Å². The number of ether oxygens (including phenoxy) is 1. The number of carbonyl (C=O) groups is 1. The SMILES string of the molecule is O=C(C(Cl)C1CCCCC1)N1CCOCC1. The van der Waals surface area contributed by atoms with E-state index < -0.39 is 0 Å². The van der Waals surface area contributed by atoms with Crippen molar-refractivity contribution in [2.45, 2.75) is 37.5 Å². The second-order valence-electron chi connectivity index (χ2n) is 4.74. The van der Waals surface area contributed by atoms with Gasteiger partial charge in [-0.3, -0.25) is 4.79 Å². The van der Waals surface area contributed by atoms with Gasteiger partial charge in [0.25, 0.3) is 0 Å². The summed E-state index contributed by atoms with van der Waals surface area (Å²) in [5, 5.41) is -0.307. The molecule has 1 saturated heterocycles. The van der Waals surface area contributed by atoms with Gasteiger partial charge in [0.05, 0.1) is 13.2 Å². The lowest BCUT2D eigenvalue weighted by molar-refractivity contribution is -0.136. The van der Waals surface area contributed by atoms with Gasteiger partial charge in [-0.25, -0.2) is 0 Å². The van der Waals surface area contributed by atoms with Crippen LogP contribution in [0.2, 0.25) is 0 Å². The van der Waals surface area contributed by atoms with Crippen molar-refractivity contribution in [1.82, 2.24) is 4.90 Å². The highest BCUT2D eigenvalue weighted by Gasteiger charge is 2.31. The lowest BCUT2D eigenvalue weighted by atomic mass is 9.86. The van der Waals surface area contributed by atoms with E-state index in [4.69, 9.17) is 16.3 Å². The molecule has 1 unspecified atom stereocenters. The Hall–Kier alpha value is -0.280. The largest absolute Gasteiger partial charge is 0.378 e. The van der Waals surface area contributed by atoms with Crippen molar-refractivity contribution in [3.63, 3.8) is 0 Å². The molecule has 0 aromatic carbocycles. The average molecular weight is 246 g/mol. The van der Waals surface area contributed by atoms with E-state index in [-0.39, 0.29) is 11.3 Å². The minimum atomic E-state index is -0.307. The van der Waals surface area contributed by atoms with E-state index in [9.17, 15) is 4.79 Å². The molecule has 1 heterocycles. The first-order valence-corrected chi connectivity index (χ1v) is 6.73. The lowest BCUT2D eigenvalue weighted by Gasteiger charge is -2.32. The van der Waals surface area contributed by atoms with E-state index in [1.54, 1.807) is 0 Å². The first-order valence-electron chi connectivity index (χ1n) is 6.29. The summed E-state index contributed by atoms with van der Waals surface area (Å²) >= 11 is 6.31. The molecule has 2 fully saturated rings. The molecule has 0 radical (unpaired) electrons. The smallest absolute Gasteiger partial charge is 0.241 e. The van der Waals surface area contributed by atoms with Crippen LogP contribution in [0.5, 0.6) is 0 Å². The van der Waals surface area contributed by atoms with Crippen molar-refractivity contribution in [2.75, 3.05) is 26.3 Å². The van der Waals surface area contributed by atoms with E-state index in [2.05, 4.69) is 0 Å². The number of rotatable bonds is 2. The molecule has 0 N–H and O–H groups in total. The van der Waals surface area contributed by atoms with Crippen LogP contribution in [-0.4, -0.2) is 42.5 Å². The number of alkyl halides is 1. The quantitative estimate of drug-likeness (QED) is 0.697. The van der Waals surface area contributed by atoms with Gasteiger partial charge >= 0.3 is 0 Å². The van der Waals surface area contributed by atoms with Crippen molar-refractivity contribution < 1.29 is 9.53 Å². The standard InChI is InChI=1S/C12H20ClNO2/c13-11(10-4-2-1-3-5-10)12(15)14-6-8-16-9-7-14/h10-11H,1-9H2. The lowest BCUT2D eigenvalue weighted by Crippen LogP contribution is -2.46. The topological polar surface area (TPSA) is 29.5 Å². The number of hydrogen-bond donors (Lipinski definition) is 0. The molecule has 0 spiro atoms. The van der Waals surface area contributed by atoms with Gasteiger partial charge in [0.1, 0.15) is 5.38 Å². The predicted octanol–water partition coefficient (Wildman–Crippen LogP) is 2.03. The fourth-order valence-corrected chi connectivity index (χ4v) is 2.98. The highest BCUT2D eigenvalue weighted by molar-refractivity contribution is 6.30. The third-order valence-electron chi connectivity index (χ3n) is 3.62. The molecule has 1 saturated carbocycles. The van der Waals surface area contributed by atoms with Crippen LogP contribution < -0.4 is 0 Å². The summed E-state index contributed by atoms with van der Waals surface area (Å²) < 4.78 is 5.24. The third-order valence-corrected chi connectivity index (χ3v) is 4.17. The van der Waals surface area contributed by atoms with Crippen LogP contribution in [0.15, 0.2) is 0 Å². The molecule has 1 aliphatic heterocycles. The molecule has 1 aliphatic carbocycles. The van der Waals surface area contributed by atoms with E-state index in [0.717, 1.165) is 12.8 Å². The van der Waals surface area contributed by atoms with Gasteiger partial charge in [-0.05, 0) is 18.8 Å². The number of carbonyl (C=O) groups excluding carboxylic acids is 1. The first-order chi connectivity index (χ1) is 7.79. The number of hydrogen-bond acceptors (Lipinski definition) is 2. The molecule has 4 heteroatoms. The van der Waals surface area contributed by atoms with E-state index in [0.29, 0.717) is 32.2 Å². The molecular formula is C12H20ClNO2. The minimum Gasteiger partial charge on any atom is -0.378 e. The molecule has 0 aromatic heterocycles. The van der Waals surface area contributed by atoms with Gasteiger partial charge in [-0.2, -0.15) is 0 Å². The number of nitrogens with zero attached hydrogens (tertiary/aromatic N) is 1. The molecule has 0 bridgehead atoms. The average Bonchev–Trinajstić information content (AvgIpc) is 2.39. The highest BCUT2D eigenvalue weighted by Crippen LogP contribution is 2.30. The Morgan fingerprint density at radius 2 is 1.81 bits per heavy atom. The minimum absolute atomic E-state index is 0.122. The van der Waals surface area contributed by atoms with Crippen LogP contribution in [-0.2, 0) is 9.53 Å². The van der Waals surface area contributed by atoms with Crippen molar-refractivity contribution in [1.29, 1.82) is 0 Å². The molecular weight excluding hydrogens is 226 g/mol. The number of amides is 1. The molecule has 1 atom stereocenters. The summed E-state index contributed by atoms with van der Waals surface area (Å²) in [6.45, 7) is 2.71. The summed E-state index contributed by atoms with van der Waals surface area (Å²) in [7, 11) is 0. The zero-order valence-electron chi connectivity index (χ0n) is 9.66. The van der Waals surface area contributed by atoms with E-state index in [1.807, 2.05) is 4.90 Å². The zero-order chi connectivity index (χ0) is 11.4. The van der Waals surface area contributed by atoms with Gasteiger partial charge < -0.3 is 9.64 Å². The first kappa shape index (κ1) is 12.2. The van der Waals surface area contributed by atoms with Gasteiger partial charge in [0.2, 0.25) is 5.91 Å². The van der Waals surface area contributed by atoms with Crippen molar-refractivity contribution in [2.24, 2.45) is 5.92 Å². The third kappa shape index (κ3) is 2.89. The fraction of sp³-hybridized carbons (Fsp3) is 0.917. The Morgan fingerprint density at radius 3 is 2.44 bits per heavy atom. The molecule has 16 heavy (non-hydrogen) atoms. The maximum atomic E-state index is 12.1. The maximum Gasteiger partial charge on any atom is 0.241 e. The summed E-state index contributed by atoms with van der Waals surface area (Å²) in [6.07, 6.45) is 5.98. The maximum absolute atomic E-state index is 12.1. The monoisotopic (exact) mass is 245 g/mol. The molecule has 0 aromatic rings. The Balaban J connectivity index is 1.86. The van der Waals surface area contributed by atoms with Crippen molar-refractivity contribution in [3.05, 3.63) is 0 Å². The number of halogens is 1. The van der Waals surface area contributed by atoms with Crippen LogP contribution in [0.1, 0.15) is 32.1 Å². The summed E-state index contributed by atoms with van der Waals surface area (Å²) in [5.41, 5.74) is 0. The molecule has 2 rings (SSSR count). The number of morpholine rings is 1. The van der Waals surface area contributed by atoms with Crippen LogP contribution in [0.3, 0.4) is 0 Å². The summed E-state index contributed by atoms with van der Waals surface area (Å²) in [6, 6.07) is 0. The van der Waals surface area contributed by atoms with Gasteiger partial charge in [0.15, 0.2) is 0 Å².